The minimum absolute atomic E-state index is 0.678. The molecule has 0 spiro atoms. The fourth-order valence-electron chi connectivity index (χ4n) is 2.22. The van der Waals surface area contributed by atoms with Crippen LogP contribution in [-0.4, -0.2) is 20.1 Å². The van der Waals surface area contributed by atoms with Crippen LogP contribution in [-0.2, 0) is 6.54 Å². The normalized spacial score (nSPS) is 12.5. The van der Waals surface area contributed by atoms with Gasteiger partial charge in [-0.15, -0.1) is 0 Å². The Balaban J connectivity index is 2.84. The second-order valence-electron chi connectivity index (χ2n) is 5.32. The molecule has 0 amide bonds. The molecule has 19 heavy (non-hydrogen) atoms. The number of hydrogen-bond acceptors (Lipinski definition) is 2. The molecule has 0 heterocycles. The molecule has 1 N–H and O–H groups in total. The first-order valence-electron chi connectivity index (χ1n) is 7.29. The van der Waals surface area contributed by atoms with Crippen molar-refractivity contribution in [1.29, 1.82) is 0 Å². The zero-order valence-electron chi connectivity index (χ0n) is 12.7. The molecule has 3 heteroatoms. The highest BCUT2D eigenvalue weighted by atomic mass is 35.5. The van der Waals surface area contributed by atoms with Crippen molar-refractivity contribution in [2.75, 3.05) is 25.0 Å². The number of nitrogens with one attached hydrogen (secondary N) is 1. The molecule has 1 aromatic carbocycles. The molecule has 0 aliphatic carbocycles. The third kappa shape index (κ3) is 5.04. The zero-order chi connectivity index (χ0) is 14.3. The van der Waals surface area contributed by atoms with E-state index in [0.29, 0.717) is 5.92 Å². The summed E-state index contributed by atoms with van der Waals surface area (Å²) in [7, 11) is 2.14. The molecule has 2 nitrogen and oxygen atoms in total. The Morgan fingerprint density at radius 3 is 2.68 bits per heavy atom. The maximum Gasteiger partial charge on any atom is 0.0642 e. The summed E-state index contributed by atoms with van der Waals surface area (Å²) >= 11 is 6.39. The van der Waals surface area contributed by atoms with Crippen LogP contribution in [0.2, 0.25) is 5.02 Å². The highest BCUT2D eigenvalue weighted by Crippen LogP contribution is 2.29. The average molecular weight is 283 g/mol. The lowest BCUT2D eigenvalue weighted by molar-refractivity contribution is 0.558. The lowest BCUT2D eigenvalue weighted by Crippen LogP contribution is -2.26. The van der Waals surface area contributed by atoms with Gasteiger partial charge < -0.3 is 10.2 Å². The Hall–Kier alpha value is -0.730. The summed E-state index contributed by atoms with van der Waals surface area (Å²) in [6.45, 7) is 9.66. The molecule has 0 saturated heterocycles. The Morgan fingerprint density at radius 1 is 1.32 bits per heavy atom. The van der Waals surface area contributed by atoms with E-state index in [1.165, 1.54) is 17.7 Å². The maximum atomic E-state index is 6.39. The summed E-state index contributed by atoms with van der Waals surface area (Å²) in [6.07, 6.45) is 2.34. The van der Waals surface area contributed by atoms with E-state index in [0.717, 1.165) is 31.1 Å². The fourth-order valence-corrected chi connectivity index (χ4v) is 2.56. The van der Waals surface area contributed by atoms with Gasteiger partial charge in [0, 0.05) is 20.1 Å². The van der Waals surface area contributed by atoms with Crippen LogP contribution in [0.3, 0.4) is 0 Å². The molecule has 0 fully saturated rings. The minimum atomic E-state index is 0.678. The standard InChI is InChI=1S/C16H27ClN2/c1-5-10-18-11-14-8-7-9-15(17)16(14)19(4)12-13(3)6-2/h7-9,13,18H,5-6,10-12H2,1-4H3. The molecule has 0 aliphatic heterocycles. The first-order valence-corrected chi connectivity index (χ1v) is 7.67. The van der Waals surface area contributed by atoms with Gasteiger partial charge in [-0.3, -0.25) is 0 Å². The van der Waals surface area contributed by atoms with Crippen molar-refractivity contribution < 1.29 is 0 Å². The largest absolute Gasteiger partial charge is 0.373 e. The van der Waals surface area contributed by atoms with Crippen molar-refractivity contribution in [2.24, 2.45) is 5.92 Å². The van der Waals surface area contributed by atoms with Gasteiger partial charge in [0.1, 0.15) is 0 Å². The highest BCUT2D eigenvalue weighted by molar-refractivity contribution is 6.33. The predicted molar refractivity (Wildman–Crippen MR) is 86.2 cm³/mol. The third-order valence-electron chi connectivity index (χ3n) is 3.48. The predicted octanol–water partition coefficient (Wildman–Crippen LogP) is 4.32. The summed E-state index contributed by atoms with van der Waals surface area (Å²) in [6, 6.07) is 6.18. The fraction of sp³-hybridized carbons (Fsp3) is 0.625. The van der Waals surface area contributed by atoms with Gasteiger partial charge in [-0.1, -0.05) is 50.9 Å². The van der Waals surface area contributed by atoms with Gasteiger partial charge in [-0.05, 0) is 30.5 Å². The van der Waals surface area contributed by atoms with E-state index in [2.05, 4.69) is 44.1 Å². The van der Waals surface area contributed by atoms with Crippen LogP contribution < -0.4 is 10.2 Å². The van der Waals surface area contributed by atoms with Crippen LogP contribution in [0.4, 0.5) is 5.69 Å². The molecule has 0 aliphatic rings. The number of halogens is 1. The Kier molecular flexibility index (Phi) is 7.25. The van der Waals surface area contributed by atoms with Crippen molar-refractivity contribution in [3.8, 4) is 0 Å². The Morgan fingerprint density at radius 2 is 2.05 bits per heavy atom. The van der Waals surface area contributed by atoms with E-state index in [-0.39, 0.29) is 0 Å². The first-order chi connectivity index (χ1) is 9.10. The molecule has 0 aromatic heterocycles. The number of para-hydroxylation sites is 1. The van der Waals surface area contributed by atoms with Gasteiger partial charge in [-0.2, -0.15) is 0 Å². The summed E-state index contributed by atoms with van der Waals surface area (Å²) in [5, 5.41) is 4.30. The molecule has 1 rings (SSSR count). The number of anilines is 1. The lowest BCUT2D eigenvalue weighted by Gasteiger charge is -2.26. The molecule has 1 aromatic rings. The van der Waals surface area contributed by atoms with E-state index in [1.54, 1.807) is 0 Å². The number of hydrogen-bond donors (Lipinski definition) is 1. The minimum Gasteiger partial charge on any atom is -0.373 e. The van der Waals surface area contributed by atoms with Crippen molar-refractivity contribution in [2.45, 2.75) is 40.2 Å². The quantitative estimate of drug-likeness (QED) is 0.714. The van der Waals surface area contributed by atoms with Gasteiger partial charge >= 0.3 is 0 Å². The van der Waals surface area contributed by atoms with Crippen LogP contribution in [0, 0.1) is 5.92 Å². The first kappa shape index (κ1) is 16.3. The molecular formula is C16H27ClN2. The van der Waals surface area contributed by atoms with Crippen LogP contribution in [0.25, 0.3) is 0 Å². The average Bonchev–Trinajstić information content (AvgIpc) is 2.38. The second kappa shape index (κ2) is 8.44. The van der Waals surface area contributed by atoms with Gasteiger partial charge in [0.25, 0.3) is 0 Å². The molecule has 1 atom stereocenters. The monoisotopic (exact) mass is 282 g/mol. The molecule has 0 radical (unpaired) electrons. The third-order valence-corrected chi connectivity index (χ3v) is 3.78. The summed E-state index contributed by atoms with van der Waals surface area (Å²) < 4.78 is 0. The van der Waals surface area contributed by atoms with Gasteiger partial charge in [0.15, 0.2) is 0 Å². The maximum absolute atomic E-state index is 6.39. The van der Waals surface area contributed by atoms with Crippen molar-refractivity contribution in [3.05, 3.63) is 28.8 Å². The number of rotatable bonds is 8. The SMILES string of the molecule is CCCNCc1cccc(Cl)c1N(C)CC(C)CC. The van der Waals surface area contributed by atoms with Crippen molar-refractivity contribution in [1.82, 2.24) is 5.32 Å². The summed E-state index contributed by atoms with van der Waals surface area (Å²) in [5.41, 5.74) is 2.46. The van der Waals surface area contributed by atoms with Crippen LogP contribution in [0.5, 0.6) is 0 Å². The van der Waals surface area contributed by atoms with Gasteiger partial charge in [0.2, 0.25) is 0 Å². The highest BCUT2D eigenvalue weighted by Gasteiger charge is 2.13. The summed E-state index contributed by atoms with van der Waals surface area (Å²) in [5.74, 6) is 0.678. The van der Waals surface area contributed by atoms with E-state index >= 15 is 0 Å². The topological polar surface area (TPSA) is 15.3 Å². The van der Waals surface area contributed by atoms with Crippen LogP contribution >= 0.6 is 11.6 Å². The Labute approximate surface area is 123 Å². The van der Waals surface area contributed by atoms with E-state index in [1.807, 2.05) is 12.1 Å². The van der Waals surface area contributed by atoms with Crippen molar-refractivity contribution >= 4 is 17.3 Å². The lowest BCUT2D eigenvalue weighted by atomic mass is 10.1. The van der Waals surface area contributed by atoms with Gasteiger partial charge in [-0.25, -0.2) is 0 Å². The summed E-state index contributed by atoms with van der Waals surface area (Å²) in [4.78, 5) is 2.29. The molecule has 1 unspecified atom stereocenters. The van der Waals surface area contributed by atoms with Crippen LogP contribution in [0.15, 0.2) is 18.2 Å². The second-order valence-corrected chi connectivity index (χ2v) is 5.73. The van der Waals surface area contributed by atoms with Crippen LogP contribution in [0.1, 0.15) is 39.2 Å². The van der Waals surface area contributed by atoms with Gasteiger partial charge in [0.05, 0.1) is 10.7 Å². The smallest absolute Gasteiger partial charge is 0.0642 e. The number of benzene rings is 1. The van der Waals surface area contributed by atoms with E-state index < -0.39 is 0 Å². The van der Waals surface area contributed by atoms with E-state index in [9.17, 15) is 0 Å². The Bertz CT molecular complexity index is 379. The molecule has 108 valence electrons. The molecule has 0 saturated carbocycles. The molecular weight excluding hydrogens is 256 g/mol. The van der Waals surface area contributed by atoms with Crippen molar-refractivity contribution in [3.63, 3.8) is 0 Å². The number of nitrogens with zero attached hydrogens (tertiary/aromatic N) is 1. The zero-order valence-corrected chi connectivity index (χ0v) is 13.4. The van der Waals surface area contributed by atoms with E-state index in [4.69, 9.17) is 11.6 Å². The molecule has 0 bridgehead atoms.